The molecule has 2 aromatic carbocycles. The van der Waals surface area contributed by atoms with Crippen LogP contribution >= 0.6 is 11.8 Å². The fraction of sp³-hybridized carbons (Fsp3) is 0.0625. The van der Waals surface area contributed by atoms with Gasteiger partial charge in [0.2, 0.25) is 0 Å². The third kappa shape index (κ3) is 2.41. The van der Waals surface area contributed by atoms with Crippen LogP contribution in [0.3, 0.4) is 0 Å². The molecule has 0 fully saturated rings. The van der Waals surface area contributed by atoms with Gasteiger partial charge in [0.05, 0.1) is 5.75 Å². The van der Waals surface area contributed by atoms with Crippen LogP contribution in [0.1, 0.15) is 10.4 Å². The lowest BCUT2D eigenvalue weighted by Gasteiger charge is -2.04. The Labute approximate surface area is 124 Å². The summed E-state index contributed by atoms with van der Waals surface area (Å²) in [6.07, 6.45) is 0. The molecule has 0 bridgehead atoms. The molecule has 0 N–H and O–H groups in total. The van der Waals surface area contributed by atoms with E-state index in [9.17, 15) is 9.59 Å². The standard InChI is InChI=1S/C16H9NO3S/c17-9-21-8-14(18)13-7-12-11-4-2-1-3-10(11)5-6-15(12)20-16(13)19/h1-7H,8H2. The molecule has 21 heavy (non-hydrogen) atoms. The lowest BCUT2D eigenvalue weighted by Crippen LogP contribution is -2.15. The molecule has 0 saturated heterocycles. The van der Waals surface area contributed by atoms with Gasteiger partial charge >= 0.3 is 5.63 Å². The van der Waals surface area contributed by atoms with Gasteiger partial charge in [0.15, 0.2) is 5.78 Å². The molecular weight excluding hydrogens is 286 g/mol. The molecule has 1 aromatic heterocycles. The molecule has 0 unspecified atom stereocenters. The number of nitrogens with zero attached hydrogens (tertiary/aromatic N) is 1. The Morgan fingerprint density at radius 3 is 2.81 bits per heavy atom. The number of thiocyanates is 1. The Morgan fingerprint density at radius 2 is 2.00 bits per heavy atom. The van der Waals surface area contributed by atoms with Crippen LogP contribution in [0.5, 0.6) is 0 Å². The lowest BCUT2D eigenvalue weighted by molar-refractivity contribution is 0.101. The molecule has 3 rings (SSSR count). The van der Waals surface area contributed by atoms with Crippen LogP contribution in [0.15, 0.2) is 51.7 Å². The highest BCUT2D eigenvalue weighted by molar-refractivity contribution is 8.04. The lowest BCUT2D eigenvalue weighted by atomic mass is 10.0. The van der Waals surface area contributed by atoms with Crippen molar-refractivity contribution in [3.05, 3.63) is 58.4 Å². The number of thioether (sulfide) groups is 1. The highest BCUT2D eigenvalue weighted by Gasteiger charge is 2.14. The van der Waals surface area contributed by atoms with Gasteiger partial charge in [0.25, 0.3) is 0 Å². The maximum atomic E-state index is 12.0. The van der Waals surface area contributed by atoms with Gasteiger partial charge in [0, 0.05) is 5.39 Å². The number of nitriles is 1. The summed E-state index contributed by atoms with van der Waals surface area (Å²) in [4.78, 5) is 23.9. The average Bonchev–Trinajstić information content (AvgIpc) is 2.51. The zero-order valence-electron chi connectivity index (χ0n) is 10.8. The minimum atomic E-state index is -0.665. The number of ketones is 1. The van der Waals surface area contributed by atoms with E-state index in [-0.39, 0.29) is 11.3 Å². The van der Waals surface area contributed by atoms with Gasteiger partial charge in [-0.25, -0.2) is 4.79 Å². The summed E-state index contributed by atoms with van der Waals surface area (Å²) < 4.78 is 5.23. The number of Topliss-reactive ketones (excluding diaryl/α,β-unsaturated/α-hetero) is 1. The van der Waals surface area contributed by atoms with Crippen LogP contribution in [-0.4, -0.2) is 11.5 Å². The van der Waals surface area contributed by atoms with E-state index in [0.29, 0.717) is 5.58 Å². The molecule has 0 radical (unpaired) electrons. The molecule has 1 heterocycles. The third-order valence-electron chi connectivity index (χ3n) is 3.21. The van der Waals surface area contributed by atoms with Crippen molar-refractivity contribution in [2.75, 3.05) is 5.75 Å². The zero-order chi connectivity index (χ0) is 14.8. The Morgan fingerprint density at radius 1 is 1.19 bits per heavy atom. The van der Waals surface area contributed by atoms with E-state index in [2.05, 4.69) is 0 Å². The van der Waals surface area contributed by atoms with Gasteiger partial charge in [-0.3, -0.25) is 4.79 Å². The summed E-state index contributed by atoms with van der Waals surface area (Å²) in [5.41, 5.74) is -0.230. The summed E-state index contributed by atoms with van der Waals surface area (Å²) in [6.45, 7) is 0. The Hall–Kier alpha value is -2.58. The van der Waals surface area contributed by atoms with Crippen molar-refractivity contribution in [2.45, 2.75) is 0 Å². The minimum Gasteiger partial charge on any atom is -0.422 e. The Kier molecular flexibility index (Phi) is 3.46. The largest absolute Gasteiger partial charge is 0.422 e. The van der Waals surface area contributed by atoms with Crippen molar-refractivity contribution < 1.29 is 9.21 Å². The predicted molar refractivity (Wildman–Crippen MR) is 82.4 cm³/mol. The topological polar surface area (TPSA) is 71.1 Å². The van der Waals surface area contributed by atoms with Crippen molar-refractivity contribution in [3.8, 4) is 5.40 Å². The van der Waals surface area contributed by atoms with Crippen molar-refractivity contribution in [1.29, 1.82) is 5.26 Å². The molecule has 0 aliphatic carbocycles. The molecule has 0 atom stereocenters. The van der Waals surface area contributed by atoms with Crippen LogP contribution in [0.2, 0.25) is 0 Å². The second-order valence-corrected chi connectivity index (χ2v) is 5.21. The zero-order valence-corrected chi connectivity index (χ0v) is 11.6. The summed E-state index contributed by atoms with van der Waals surface area (Å²) in [5, 5.41) is 13.0. The minimum absolute atomic E-state index is 0.0124. The Bertz CT molecular complexity index is 953. The monoisotopic (exact) mass is 295 g/mol. The molecule has 5 heteroatoms. The van der Waals surface area contributed by atoms with E-state index in [1.807, 2.05) is 35.7 Å². The maximum absolute atomic E-state index is 12.0. The highest BCUT2D eigenvalue weighted by Crippen LogP contribution is 2.25. The SMILES string of the molecule is N#CSCC(=O)c1cc2c(ccc3ccccc32)oc1=O. The average molecular weight is 295 g/mol. The van der Waals surface area contributed by atoms with E-state index in [0.717, 1.165) is 27.9 Å². The van der Waals surface area contributed by atoms with Crippen LogP contribution in [0.4, 0.5) is 0 Å². The van der Waals surface area contributed by atoms with E-state index < -0.39 is 11.4 Å². The maximum Gasteiger partial charge on any atom is 0.347 e. The van der Waals surface area contributed by atoms with Gasteiger partial charge in [0.1, 0.15) is 16.5 Å². The highest BCUT2D eigenvalue weighted by atomic mass is 32.2. The molecule has 4 nitrogen and oxygen atoms in total. The number of hydrogen-bond acceptors (Lipinski definition) is 5. The second kappa shape index (κ2) is 5.43. The number of hydrogen-bond donors (Lipinski definition) is 0. The Balaban J connectivity index is 2.26. The van der Waals surface area contributed by atoms with Gasteiger partial charge < -0.3 is 4.42 Å². The molecule has 3 aromatic rings. The molecule has 0 aliphatic rings. The van der Waals surface area contributed by atoms with Gasteiger partial charge in [-0.2, -0.15) is 5.26 Å². The van der Waals surface area contributed by atoms with Crippen molar-refractivity contribution in [2.24, 2.45) is 0 Å². The summed E-state index contributed by atoms with van der Waals surface area (Å²) >= 11 is 0.804. The van der Waals surface area contributed by atoms with Crippen LogP contribution in [0.25, 0.3) is 21.7 Å². The summed E-state index contributed by atoms with van der Waals surface area (Å²) in [5.74, 6) is -0.456. The third-order valence-corrected chi connectivity index (χ3v) is 3.75. The number of rotatable bonds is 3. The van der Waals surface area contributed by atoms with E-state index in [1.54, 1.807) is 12.1 Å². The van der Waals surface area contributed by atoms with E-state index in [4.69, 9.17) is 9.68 Å². The van der Waals surface area contributed by atoms with E-state index >= 15 is 0 Å². The van der Waals surface area contributed by atoms with Crippen LogP contribution in [-0.2, 0) is 0 Å². The van der Waals surface area contributed by atoms with E-state index in [1.165, 1.54) is 0 Å². The number of benzene rings is 2. The molecule has 0 aliphatic heterocycles. The molecule has 0 spiro atoms. The number of carbonyl (C=O) groups is 1. The van der Waals surface area contributed by atoms with Crippen molar-refractivity contribution >= 4 is 39.3 Å². The first-order valence-corrected chi connectivity index (χ1v) is 7.19. The summed E-state index contributed by atoms with van der Waals surface area (Å²) in [7, 11) is 0. The van der Waals surface area contributed by atoms with Gasteiger partial charge in [-0.05, 0) is 34.7 Å². The van der Waals surface area contributed by atoms with Crippen molar-refractivity contribution in [3.63, 3.8) is 0 Å². The van der Waals surface area contributed by atoms with Crippen LogP contribution < -0.4 is 5.63 Å². The smallest absolute Gasteiger partial charge is 0.347 e. The molecule has 102 valence electrons. The number of fused-ring (bicyclic) bond motifs is 3. The quantitative estimate of drug-likeness (QED) is 0.321. The molecular formula is C16H9NO3S. The second-order valence-electron chi connectivity index (χ2n) is 4.45. The molecule has 0 amide bonds. The van der Waals surface area contributed by atoms with Gasteiger partial charge in [-0.1, -0.05) is 30.3 Å². The first-order chi connectivity index (χ1) is 10.2. The fourth-order valence-electron chi connectivity index (χ4n) is 2.24. The van der Waals surface area contributed by atoms with Gasteiger partial charge in [-0.15, -0.1) is 0 Å². The first kappa shape index (κ1) is 13.4. The summed E-state index contributed by atoms with van der Waals surface area (Å²) in [6, 6.07) is 12.8. The number of carbonyl (C=O) groups excluding carboxylic acids is 1. The molecule has 0 saturated carbocycles. The normalized spacial score (nSPS) is 10.6. The van der Waals surface area contributed by atoms with Crippen molar-refractivity contribution in [1.82, 2.24) is 0 Å². The first-order valence-electron chi connectivity index (χ1n) is 6.20. The predicted octanol–water partition coefficient (Wildman–Crippen LogP) is 3.34. The van der Waals surface area contributed by atoms with Crippen LogP contribution in [0, 0.1) is 10.7 Å². The fourth-order valence-corrected chi connectivity index (χ4v) is 2.59.